The summed E-state index contributed by atoms with van der Waals surface area (Å²) in [6.07, 6.45) is 3.94. The minimum absolute atomic E-state index is 0.0171. The number of hydrogen-bond acceptors (Lipinski definition) is 5. The Balaban J connectivity index is 1.84. The third-order valence-electron chi connectivity index (χ3n) is 4.31. The van der Waals surface area contributed by atoms with Crippen LogP contribution < -0.4 is 11.2 Å². The summed E-state index contributed by atoms with van der Waals surface area (Å²) in [6.45, 7) is 0.312. The van der Waals surface area contributed by atoms with Crippen molar-refractivity contribution in [3.05, 3.63) is 0 Å². The normalized spacial score (nSPS) is 32.4. The van der Waals surface area contributed by atoms with Gasteiger partial charge in [-0.2, -0.15) is 5.10 Å². The van der Waals surface area contributed by atoms with Crippen molar-refractivity contribution in [2.45, 2.75) is 32.1 Å². The number of hydrogen-bond donors (Lipinski definition) is 4. The molecule has 2 saturated carbocycles. The summed E-state index contributed by atoms with van der Waals surface area (Å²) >= 11 is 0. The Morgan fingerprint density at radius 3 is 2.74 bits per heavy atom. The van der Waals surface area contributed by atoms with E-state index in [1.54, 1.807) is 0 Å². The molecule has 0 aromatic carbocycles. The number of carbonyl (C=O) groups is 1. The molecule has 3 atom stereocenters. The second kappa shape index (κ2) is 6.14. The minimum Gasteiger partial charge on any atom is -0.395 e. The molecule has 0 aromatic rings. The van der Waals surface area contributed by atoms with E-state index in [1.165, 1.54) is 0 Å². The monoisotopic (exact) mass is 266 g/mol. The van der Waals surface area contributed by atoms with Crippen molar-refractivity contribution >= 4 is 17.3 Å². The first kappa shape index (κ1) is 14.0. The fourth-order valence-electron chi connectivity index (χ4n) is 3.22. The van der Waals surface area contributed by atoms with Crippen LogP contribution >= 0.6 is 0 Å². The van der Waals surface area contributed by atoms with Gasteiger partial charge in [0.15, 0.2) is 0 Å². The van der Waals surface area contributed by atoms with Crippen molar-refractivity contribution in [1.29, 1.82) is 5.41 Å². The van der Waals surface area contributed by atoms with Gasteiger partial charge >= 0.3 is 0 Å². The van der Waals surface area contributed by atoms with Gasteiger partial charge in [-0.1, -0.05) is 0 Å². The van der Waals surface area contributed by atoms with Crippen LogP contribution in [0.25, 0.3) is 0 Å². The summed E-state index contributed by atoms with van der Waals surface area (Å²) in [4.78, 5) is 11.6. The Bertz CT molecular complexity index is 394. The highest BCUT2D eigenvalue weighted by molar-refractivity contribution is 6.41. The molecule has 6 nitrogen and oxygen atoms in total. The van der Waals surface area contributed by atoms with Gasteiger partial charge in [-0.3, -0.25) is 4.79 Å². The Morgan fingerprint density at radius 2 is 2.11 bits per heavy atom. The molecule has 0 aromatic heterocycles. The number of amides is 1. The molecule has 106 valence electrons. The molecule has 2 fully saturated rings. The van der Waals surface area contributed by atoms with E-state index >= 15 is 0 Å². The molecule has 2 aliphatic rings. The van der Waals surface area contributed by atoms with Gasteiger partial charge in [0.1, 0.15) is 0 Å². The van der Waals surface area contributed by atoms with Crippen molar-refractivity contribution in [2.24, 2.45) is 28.7 Å². The van der Waals surface area contributed by atoms with Crippen LogP contribution in [0.5, 0.6) is 0 Å². The fourth-order valence-corrected chi connectivity index (χ4v) is 3.22. The van der Waals surface area contributed by atoms with Crippen LogP contribution in [0.1, 0.15) is 32.1 Å². The molecule has 0 radical (unpaired) electrons. The van der Waals surface area contributed by atoms with Crippen LogP contribution in [-0.4, -0.2) is 35.6 Å². The first-order valence-corrected chi connectivity index (χ1v) is 6.89. The van der Waals surface area contributed by atoms with Crippen LogP contribution in [0.2, 0.25) is 0 Å². The number of nitrogens with one attached hydrogen (secondary N) is 2. The van der Waals surface area contributed by atoms with Crippen LogP contribution in [0.3, 0.4) is 0 Å². The van der Waals surface area contributed by atoms with E-state index in [0.717, 1.165) is 19.3 Å². The van der Waals surface area contributed by atoms with Crippen molar-refractivity contribution in [1.82, 2.24) is 5.32 Å². The van der Waals surface area contributed by atoms with E-state index in [9.17, 15) is 4.79 Å². The average Bonchev–Trinajstić information content (AvgIpc) is 3.03. The second-order valence-electron chi connectivity index (χ2n) is 5.40. The topological polar surface area (TPSA) is 112 Å². The molecule has 0 spiro atoms. The summed E-state index contributed by atoms with van der Waals surface area (Å²) in [7, 11) is 0. The molecule has 0 aliphatic heterocycles. The van der Waals surface area contributed by atoms with Gasteiger partial charge in [-0.15, -0.1) is 0 Å². The number of nitrogens with two attached hydrogens (primary N) is 1. The molecule has 2 unspecified atom stereocenters. The molecule has 2 rings (SSSR count). The van der Waals surface area contributed by atoms with E-state index in [0.29, 0.717) is 48.6 Å². The Kier molecular flexibility index (Phi) is 4.52. The van der Waals surface area contributed by atoms with Crippen molar-refractivity contribution in [2.75, 3.05) is 13.2 Å². The van der Waals surface area contributed by atoms with E-state index in [2.05, 4.69) is 10.4 Å². The highest BCUT2D eigenvalue weighted by Gasteiger charge is 2.50. The lowest BCUT2D eigenvalue weighted by Gasteiger charge is -2.10. The number of fused-ring (bicyclic) bond motifs is 1. The van der Waals surface area contributed by atoms with Gasteiger partial charge in [0, 0.05) is 13.0 Å². The smallest absolute Gasteiger partial charge is 0.220 e. The van der Waals surface area contributed by atoms with Crippen LogP contribution in [0.15, 0.2) is 5.10 Å². The molecule has 1 amide bonds. The lowest BCUT2D eigenvalue weighted by atomic mass is 9.98. The summed E-state index contributed by atoms with van der Waals surface area (Å²) in [6, 6.07) is 0. The van der Waals surface area contributed by atoms with Crippen molar-refractivity contribution in [3.63, 3.8) is 0 Å². The molecular weight excluding hydrogens is 244 g/mol. The number of carbonyl (C=O) groups excluding carboxylic acids is 1. The summed E-state index contributed by atoms with van der Waals surface area (Å²) in [5.41, 5.74) is 1.27. The maximum Gasteiger partial charge on any atom is 0.220 e. The first-order valence-electron chi connectivity index (χ1n) is 6.89. The Morgan fingerprint density at radius 1 is 1.42 bits per heavy atom. The van der Waals surface area contributed by atoms with Crippen LogP contribution in [-0.2, 0) is 4.79 Å². The number of hydrazone groups is 1. The number of rotatable bonds is 4. The predicted molar refractivity (Wildman–Crippen MR) is 73.0 cm³/mol. The van der Waals surface area contributed by atoms with Gasteiger partial charge < -0.3 is 21.7 Å². The minimum atomic E-state index is -0.0171. The third kappa shape index (κ3) is 3.32. The lowest BCUT2D eigenvalue weighted by molar-refractivity contribution is -0.121. The third-order valence-corrected chi connectivity index (χ3v) is 4.31. The van der Waals surface area contributed by atoms with E-state index in [4.69, 9.17) is 16.4 Å². The molecule has 6 heteroatoms. The van der Waals surface area contributed by atoms with Crippen LogP contribution in [0, 0.1) is 23.2 Å². The Hall–Kier alpha value is -1.43. The first-order chi connectivity index (χ1) is 9.17. The summed E-state index contributed by atoms with van der Waals surface area (Å²) in [5, 5.41) is 22.9. The van der Waals surface area contributed by atoms with E-state index in [1.807, 2.05) is 0 Å². The SMILES string of the molecule is N=C1CCC2C(CCC1=NN)[C@@H]2CC(=O)NCCO. The quantitative estimate of drug-likeness (QED) is 0.432. The lowest BCUT2D eigenvalue weighted by Crippen LogP contribution is -2.26. The fraction of sp³-hybridized carbons (Fsp3) is 0.769. The predicted octanol–water partition coefficient (Wildman–Crippen LogP) is 0.256. The molecule has 0 bridgehead atoms. The second-order valence-corrected chi connectivity index (χ2v) is 5.40. The van der Waals surface area contributed by atoms with Crippen molar-refractivity contribution in [3.8, 4) is 0 Å². The molecule has 2 aliphatic carbocycles. The average molecular weight is 266 g/mol. The largest absolute Gasteiger partial charge is 0.395 e. The van der Waals surface area contributed by atoms with Gasteiger partial charge in [-0.25, -0.2) is 0 Å². The number of aliphatic hydroxyl groups is 1. The van der Waals surface area contributed by atoms with Gasteiger partial charge in [-0.05, 0) is 43.4 Å². The van der Waals surface area contributed by atoms with Crippen molar-refractivity contribution < 1.29 is 9.90 Å². The standard InChI is InChI=1S/C13H22N4O2/c14-11-3-1-8-9(2-4-12(11)17-15)10(8)7-13(19)16-5-6-18/h8-10,14,18H,1-7,15H2,(H,16,19)/t8?,9?,10-/m1/s1. The van der Waals surface area contributed by atoms with Gasteiger partial charge in [0.05, 0.1) is 18.0 Å². The maximum absolute atomic E-state index is 11.6. The van der Waals surface area contributed by atoms with E-state index in [-0.39, 0.29) is 12.5 Å². The zero-order valence-corrected chi connectivity index (χ0v) is 11.1. The summed E-state index contributed by atoms with van der Waals surface area (Å²) in [5.74, 6) is 6.90. The summed E-state index contributed by atoms with van der Waals surface area (Å²) < 4.78 is 0. The Labute approximate surface area is 113 Å². The van der Waals surface area contributed by atoms with Gasteiger partial charge in [0.2, 0.25) is 5.91 Å². The van der Waals surface area contributed by atoms with Gasteiger partial charge in [0.25, 0.3) is 0 Å². The maximum atomic E-state index is 11.6. The highest BCUT2D eigenvalue weighted by atomic mass is 16.3. The zero-order chi connectivity index (χ0) is 13.8. The zero-order valence-electron chi connectivity index (χ0n) is 11.1. The molecule has 5 N–H and O–H groups in total. The van der Waals surface area contributed by atoms with Crippen LogP contribution in [0.4, 0.5) is 0 Å². The highest BCUT2D eigenvalue weighted by Crippen LogP contribution is 2.54. The molecule has 19 heavy (non-hydrogen) atoms. The number of nitrogens with zero attached hydrogens (tertiary/aromatic N) is 1. The molecule has 0 heterocycles. The number of aliphatic hydroxyl groups excluding tert-OH is 1. The molecule has 0 saturated heterocycles. The molecular formula is C13H22N4O2. The van der Waals surface area contributed by atoms with E-state index < -0.39 is 0 Å².